The van der Waals surface area contributed by atoms with Gasteiger partial charge in [-0.15, -0.1) is 0 Å². The Kier molecular flexibility index (Phi) is 2.56. The Morgan fingerprint density at radius 3 is 2.94 bits per heavy atom. The van der Waals surface area contributed by atoms with Crippen LogP contribution in [0, 0.1) is 0 Å². The largest absolute Gasteiger partial charge is 0.346 e. The van der Waals surface area contributed by atoms with Crippen LogP contribution in [-0.4, -0.2) is 29.1 Å². The van der Waals surface area contributed by atoms with Gasteiger partial charge in [-0.1, -0.05) is 11.6 Å². The quantitative estimate of drug-likeness (QED) is 0.775. The van der Waals surface area contributed by atoms with Gasteiger partial charge in [-0.25, -0.2) is 4.99 Å². The first-order valence-electron chi connectivity index (χ1n) is 5.55. The van der Waals surface area contributed by atoms with Crippen molar-refractivity contribution in [1.82, 2.24) is 10.2 Å². The number of amides is 2. The van der Waals surface area contributed by atoms with Gasteiger partial charge in [0.15, 0.2) is 0 Å². The molecule has 18 heavy (non-hydrogen) atoms. The highest BCUT2D eigenvalue weighted by Gasteiger charge is 2.35. The third kappa shape index (κ3) is 1.86. The molecule has 1 aromatic carbocycles. The maximum atomic E-state index is 11.6. The molecule has 0 bridgehead atoms. The van der Waals surface area contributed by atoms with Crippen molar-refractivity contribution in [2.45, 2.75) is 19.0 Å². The predicted octanol–water partition coefficient (Wildman–Crippen LogP) is 1.23. The second-order valence-electron chi connectivity index (χ2n) is 4.32. The first kappa shape index (κ1) is 11.2. The van der Waals surface area contributed by atoms with Crippen LogP contribution in [-0.2, 0) is 16.1 Å². The average Bonchev–Trinajstić information content (AvgIpc) is 2.67. The van der Waals surface area contributed by atoms with Gasteiger partial charge < -0.3 is 4.90 Å². The smallest absolute Gasteiger partial charge is 0.249 e. The predicted molar refractivity (Wildman–Crippen MR) is 66.7 cm³/mol. The number of carbonyl (C=O) groups is 2. The van der Waals surface area contributed by atoms with Crippen molar-refractivity contribution in [3.05, 3.63) is 28.8 Å². The minimum atomic E-state index is -0.464. The van der Waals surface area contributed by atoms with Crippen molar-refractivity contribution in [3.63, 3.8) is 0 Å². The summed E-state index contributed by atoms with van der Waals surface area (Å²) in [5, 5.41) is 2.93. The molecule has 6 heteroatoms. The van der Waals surface area contributed by atoms with Crippen molar-refractivity contribution in [3.8, 4) is 0 Å². The van der Waals surface area contributed by atoms with E-state index in [1.807, 2.05) is 12.1 Å². The molecule has 0 aliphatic carbocycles. The van der Waals surface area contributed by atoms with Crippen LogP contribution < -0.4 is 5.32 Å². The first-order chi connectivity index (χ1) is 8.63. The molecule has 2 heterocycles. The number of hydrogen-bond donors (Lipinski definition) is 1. The van der Waals surface area contributed by atoms with E-state index < -0.39 is 6.04 Å². The van der Waals surface area contributed by atoms with E-state index in [2.05, 4.69) is 10.3 Å². The van der Waals surface area contributed by atoms with Crippen LogP contribution in [0.25, 0.3) is 0 Å². The Balaban J connectivity index is 1.87. The van der Waals surface area contributed by atoms with Crippen molar-refractivity contribution in [1.29, 1.82) is 0 Å². The maximum absolute atomic E-state index is 11.6. The molecule has 1 aromatic rings. The summed E-state index contributed by atoms with van der Waals surface area (Å²) in [5.74, 6) is -0.507. The lowest BCUT2D eigenvalue weighted by Gasteiger charge is -2.27. The summed E-state index contributed by atoms with van der Waals surface area (Å²) in [6.45, 7) is 0.532. The van der Waals surface area contributed by atoms with Crippen molar-refractivity contribution < 1.29 is 9.59 Å². The highest BCUT2D eigenvalue weighted by atomic mass is 35.5. The van der Waals surface area contributed by atoms with Gasteiger partial charge in [-0.05, 0) is 23.8 Å². The fourth-order valence-electron chi connectivity index (χ4n) is 2.18. The van der Waals surface area contributed by atoms with E-state index in [0.29, 0.717) is 11.6 Å². The number of nitrogens with one attached hydrogen (secondary N) is 1. The zero-order chi connectivity index (χ0) is 12.7. The Labute approximate surface area is 108 Å². The number of benzene rings is 1. The van der Waals surface area contributed by atoms with Gasteiger partial charge >= 0.3 is 0 Å². The summed E-state index contributed by atoms with van der Waals surface area (Å²) in [6, 6.07) is 4.98. The molecule has 2 amide bonds. The van der Waals surface area contributed by atoms with E-state index in [4.69, 9.17) is 11.6 Å². The van der Waals surface area contributed by atoms with Crippen molar-refractivity contribution >= 4 is 35.4 Å². The van der Waals surface area contributed by atoms with Gasteiger partial charge in [0, 0.05) is 11.6 Å². The van der Waals surface area contributed by atoms with E-state index in [-0.39, 0.29) is 18.2 Å². The molecule has 0 radical (unpaired) electrons. The minimum Gasteiger partial charge on any atom is -0.346 e. The first-order valence-corrected chi connectivity index (χ1v) is 5.93. The summed E-state index contributed by atoms with van der Waals surface area (Å²) in [5.41, 5.74) is 1.80. The molecule has 3 rings (SSSR count). The molecule has 1 saturated heterocycles. The molecule has 1 fully saturated rings. The molecule has 5 nitrogen and oxygen atoms in total. The normalized spacial score (nSPS) is 22.1. The summed E-state index contributed by atoms with van der Waals surface area (Å²) < 4.78 is 0. The number of imide groups is 1. The number of carbonyl (C=O) groups excluding carboxylic acids is 2. The zero-order valence-corrected chi connectivity index (χ0v) is 10.1. The van der Waals surface area contributed by atoms with Crippen LogP contribution in [0.15, 0.2) is 23.2 Å². The summed E-state index contributed by atoms with van der Waals surface area (Å²) in [4.78, 5) is 28.8. The Hall–Kier alpha value is -1.88. The summed E-state index contributed by atoms with van der Waals surface area (Å²) in [6.07, 6.45) is 1.79. The number of nitrogens with zero attached hydrogens (tertiary/aromatic N) is 2. The number of fused-ring (bicyclic) bond motifs is 1. The number of aliphatic imine (C=N–C) groups is 1. The summed E-state index contributed by atoms with van der Waals surface area (Å²) >= 11 is 5.93. The molecule has 0 saturated carbocycles. The molecule has 1 N–H and O–H groups in total. The molecule has 0 spiro atoms. The van der Waals surface area contributed by atoms with Gasteiger partial charge in [-0.3, -0.25) is 14.9 Å². The van der Waals surface area contributed by atoms with E-state index in [1.165, 1.54) is 0 Å². The molecule has 92 valence electrons. The van der Waals surface area contributed by atoms with E-state index in [1.54, 1.807) is 17.3 Å². The van der Waals surface area contributed by atoms with Crippen LogP contribution in [0.3, 0.4) is 0 Å². The number of rotatable bonds is 1. The monoisotopic (exact) mass is 263 g/mol. The van der Waals surface area contributed by atoms with E-state index >= 15 is 0 Å². The third-order valence-corrected chi connectivity index (χ3v) is 3.32. The lowest BCUT2D eigenvalue weighted by Crippen LogP contribution is -2.40. The van der Waals surface area contributed by atoms with E-state index in [9.17, 15) is 9.59 Å². The topological polar surface area (TPSA) is 61.8 Å². The van der Waals surface area contributed by atoms with Gasteiger partial charge in [-0.2, -0.15) is 0 Å². The molecule has 2 aliphatic rings. The molecule has 1 atom stereocenters. The second kappa shape index (κ2) is 4.10. The highest BCUT2D eigenvalue weighted by Crippen LogP contribution is 2.28. The average molecular weight is 264 g/mol. The van der Waals surface area contributed by atoms with Gasteiger partial charge in [0.05, 0.1) is 18.4 Å². The molecular formula is C12H10ClN3O2. The number of hydrogen-bond acceptors (Lipinski definition) is 4. The summed E-state index contributed by atoms with van der Waals surface area (Å²) in [7, 11) is 0. The Bertz CT molecular complexity index is 570. The van der Waals surface area contributed by atoms with Crippen LogP contribution in [0.4, 0.5) is 5.69 Å². The lowest BCUT2D eigenvalue weighted by molar-refractivity contribution is -0.125. The molecule has 2 aliphatic heterocycles. The third-order valence-electron chi connectivity index (χ3n) is 3.08. The second-order valence-corrected chi connectivity index (χ2v) is 4.76. The molecular weight excluding hydrogens is 254 g/mol. The maximum Gasteiger partial charge on any atom is 0.249 e. The fraction of sp³-hybridized carbons (Fsp3) is 0.250. The van der Waals surface area contributed by atoms with Crippen LogP contribution in [0.5, 0.6) is 0 Å². The standard InChI is InChI=1S/C12H10ClN3O2/c13-8-1-2-9-7(3-8)5-16(6-14-9)10-4-11(17)15-12(10)18/h1-3,6,10H,4-5H2,(H,15,17,18). The highest BCUT2D eigenvalue weighted by molar-refractivity contribution is 6.30. The van der Waals surface area contributed by atoms with Crippen LogP contribution in [0.1, 0.15) is 12.0 Å². The van der Waals surface area contributed by atoms with Gasteiger partial charge in [0.25, 0.3) is 0 Å². The zero-order valence-electron chi connectivity index (χ0n) is 9.39. The molecule has 1 unspecified atom stereocenters. The van der Waals surface area contributed by atoms with Crippen molar-refractivity contribution in [2.75, 3.05) is 0 Å². The Morgan fingerprint density at radius 2 is 2.22 bits per heavy atom. The van der Waals surface area contributed by atoms with Gasteiger partial charge in [0.1, 0.15) is 6.04 Å². The minimum absolute atomic E-state index is 0.181. The number of halogens is 1. The van der Waals surface area contributed by atoms with Crippen molar-refractivity contribution in [2.24, 2.45) is 4.99 Å². The van der Waals surface area contributed by atoms with E-state index in [0.717, 1.165) is 11.3 Å². The SMILES string of the molecule is O=C1CC(N2C=Nc3ccc(Cl)cc3C2)C(=O)N1. The molecule has 0 aromatic heterocycles. The fourth-order valence-corrected chi connectivity index (χ4v) is 2.37. The Morgan fingerprint density at radius 1 is 1.39 bits per heavy atom. The van der Waals surface area contributed by atoms with Crippen LogP contribution >= 0.6 is 11.6 Å². The van der Waals surface area contributed by atoms with Gasteiger partial charge in [0.2, 0.25) is 11.8 Å². The van der Waals surface area contributed by atoms with Crippen LogP contribution in [0.2, 0.25) is 5.02 Å². The lowest BCUT2D eigenvalue weighted by atomic mass is 10.1.